The lowest BCUT2D eigenvalue weighted by Gasteiger charge is -2.47. The number of carbonyl (C=O) groups is 1. The van der Waals surface area contributed by atoms with Crippen LogP contribution < -0.4 is 0 Å². The standard InChI is InChI=1S/C33H40F8N4O/c1-31(2,3)44-8-6-26(20-44)43-12-10-42(11-13-43)25-7-9-45(27(19-25)14-21-4-5-28(34)29(35)15-21)30(46)22-16-23(32(36,37)38)18-24(17-22)33(39,40)41/h4-5,15-18,25-27H,6-14,19-20H2,1-3H3. The van der Waals surface area contributed by atoms with Gasteiger partial charge < -0.3 is 4.90 Å². The topological polar surface area (TPSA) is 30.0 Å². The molecule has 5 rings (SSSR count). The Hall–Kier alpha value is -2.77. The quantitative estimate of drug-likeness (QED) is 0.334. The molecular formula is C33H40F8N4O. The van der Waals surface area contributed by atoms with Crippen LogP contribution in [0.25, 0.3) is 0 Å². The normalized spacial score (nSPS) is 24.5. The number of hydrogen-bond acceptors (Lipinski definition) is 4. The third-order valence-electron chi connectivity index (χ3n) is 9.73. The highest BCUT2D eigenvalue weighted by Gasteiger charge is 2.41. The van der Waals surface area contributed by atoms with Crippen molar-refractivity contribution in [3.63, 3.8) is 0 Å². The van der Waals surface area contributed by atoms with Crippen LogP contribution in [0.15, 0.2) is 36.4 Å². The lowest BCUT2D eigenvalue weighted by Crippen LogP contribution is -2.58. The molecule has 0 spiro atoms. The van der Waals surface area contributed by atoms with E-state index >= 15 is 0 Å². The predicted octanol–water partition coefficient (Wildman–Crippen LogP) is 6.71. The summed E-state index contributed by atoms with van der Waals surface area (Å²) in [5, 5.41) is 0. The van der Waals surface area contributed by atoms with Crippen LogP contribution in [-0.4, -0.2) is 95.0 Å². The molecule has 2 aromatic rings. The van der Waals surface area contributed by atoms with Gasteiger partial charge in [0.1, 0.15) is 0 Å². The Kier molecular flexibility index (Phi) is 9.79. The van der Waals surface area contributed by atoms with Gasteiger partial charge >= 0.3 is 12.4 Å². The molecule has 2 aromatic carbocycles. The number of alkyl halides is 6. The number of halogens is 8. The Morgan fingerprint density at radius 3 is 1.83 bits per heavy atom. The molecule has 3 fully saturated rings. The fourth-order valence-electron chi connectivity index (χ4n) is 7.12. The second-order valence-corrected chi connectivity index (χ2v) is 13.7. The van der Waals surface area contributed by atoms with Gasteiger partial charge in [0.15, 0.2) is 11.6 Å². The third kappa shape index (κ3) is 7.84. The Morgan fingerprint density at radius 2 is 1.30 bits per heavy atom. The molecule has 0 saturated carbocycles. The summed E-state index contributed by atoms with van der Waals surface area (Å²) >= 11 is 0. The van der Waals surface area contributed by atoms with E-state index in [9.17, 15) is 39.9 Å². The van der Waals surface area contributed by atoms with Gasteiger partial charge in [0.2, 0.25) is 0 Å². The van der Waals surface area contributed by atoms with E-state index in [1.807, 2.05) is 0 Å². The Bertz CT molecular complexity index is 1370. The van der Waals surface area contributed by atoms with Crippen molar-refractivity contribution in [2.45, 2.75) is 82.5 Å². The van der Waals surface area contributed by atoms with Crippen molar-refractivity contribution < 1.29 is 39.9 Å². The number of benzene rings is 2. The van der Waals surface area contributed by atoms with Crippen LogP contribution in [0.5, 0.6) is 0 Å². The van der Waals surface area contributed by atoms with Gasteiger partial charge in [0.25, 0.3) is 5.91 Å². The minimum absolute atomic E-state index is 0.00314. The first-order valence-electron chi connectivity index (χ1n) is 15.7. The molecule has 3 aliphatic rings. The maximum Gasteiger partial charge on any atom is 0.416 e. The third-order valence-corrected chi connectivity index (χ3v) is 9.73. The average Bonchev–Trinajstić information content (AvgIpc) is 3.49. The Morgan fingerprint density at radius 1 is 0.739 bits per heavy atom. The van der Waals surface area contributed by atoms with Gasteiger partial charge in [-0.3, -0.25) is 19.5 Å². The van der Waals surface area contributed by atoms with Crippen molar-refractivity contribution >= 4 is 5.91 Å². The maximum absolute atomic E-state index is 14.1. The summed E-state index contributed by atoms with van der Waals surface area (Å²) in [7, 11) is 0. The number of carbonyl (C=O) groups excluding carboxylic acids is 1. The van der Waals surface area contributed by atoms with Crippen molar-refractivity contribution in [1.82, 2.24) is 19.6 Å². The number of likely N-dealkylation sites (tertiary alicyclic amines) is 2. The number of rotatable bonds is 5. The summed E-state index contributed by atoms with van der Waals surface area (Å²) in [5.41, 5.74) is -3.37. The van der Waals surface area contributed by atoms with Crippen molar-refractivity contribution in [2.24, 2.45) is 0 Å². The summed E-state index contributed by atoms with van der Waals surface area (Å²) in [4.78, 5) is 22.3. The van der Waals surface area contributed by atoms with Gasteiger partial charge in [-0.2, -0.15) is 26.3 Å². The molecule has 5 nitrogen and oxygen atoms in total. The molecule has 0 aromatic heterocycles. The van der Waals surface area contributed by atoms with E-state index in [1.54, 1.807) is 0 Å². The number of amides is 1. The van der Waals surface area contributed by atoms with Crippen molar-refractivity contribution in [3.05, 3.63) is 70.3 Å². The second-order valence-electron chi connectivity index (χ2n) is 13.7. The van der Waals surface area contributed by atoms with Crippen molar-refractivity contribution in [1.29, 1.82) is 0 Å². The van der Waals surface area contributed by atoms with Gasteiger partial charge in [0, 0.05) is 75.0 Å². The molecule has 0 aliphatic carbocycles. The molecule has 3 aliphatic heterocycles. The summed E-state index contributed by atoms with van der Waals surface area (Å²) in [6.07, 6.45) is -8.17. The molecule has 3 heterocycles. The second kappa shape index (κ2) is 13.0. The van der Waals surface area contributed by atoms with Gasteiger partial charge in [-0.05, 0) is 82.3 Å². The van der Waals surface area contributed by atoms with E-state index < -0.39 is 52.6 Å². The fraction of sp³-hybridized carbons (Fsp3) is 0.606. The lowest BCUT2D eigenvalue weighted by molar-refractivity contribution is -0.143. The minimum atomic E-state index is -5.10. The van der Waals surface area contributed by atoms with Crippen LogP contribution in [0.3, 0.4) is 0 Å². The highest BCUT2D eigenvalue weighted by atomic mass is 19.4. The first-order chi connectivity index (χ1) is 21.4. The number of piperazine rings is 1. The highest BCUT2D eigenvalue weighted by molar-refractivity contribution is 5.95. The van der Waals surface area contributed by atoms with Crippen LogP contribution in [-0.2, 0) is 18.8 Å². The van der Waals surface area contributed by atoms with Gasteiger partial charge in [-0.15, -0.1) is 0 Å². The van der Waals surface area contributed by atoms with Gasteiger partial charge in [-0.25, -0.2) is 8.78 Å². The molecule has 3 saturated heterocycles. The Balaban J connectivity index is 1.34. The largest absolute Gasteiger partial charge is 0.416 e. The molecule has 254 valence electrons. The molecule has 3 atom stereocenters. The SMILES string of the molecule is CC(C)(C)N1CCC(N2CCN(C3CCN(C(=O)c4cc(C(F)(F)F)cc(C(F)(F)F)c4)C(Cc4ccc(F)c(F)c4)C3)CC2)C1. The van der Waals surface area contributed by atoms with Crippen LogP contribution in [0.1, 0.15) is 67.1 Å². The monoisotopic (exact) mass is 660 g/mol. The summed E-state index contributed by atoms with van der Waals surface area (Å²) in [6, 6.07) is 4.04. The zero-order valence-electron chi connectivity index (χ0n) is 26.2. The molecule has 0 bridgehead atoms. The zero-order valence-corrected chi connectivity index (χ0v) is 26.2. The molecule has 3 unspecified atom stereocenters. The van der Waals surface area contributed by atoms with E-state index in [2.05, 4.69) is 35.5 Å². The van der Waals surface area contributed by atoms with E-state index in [0.717, 1.165) is 57.8 Å². The summed E-state index contributed by atoms with van der Waals surface area (Å²) in [5.74, 6) is -3.09. The number of nitrogens with zero attached hydrogens (tertiary/aromatic N) is 4. The van der Waals surface area contributed by atoms with E-state index in [-0.39, 0.29) is 30.6 Å². The molecule has 0 radical (unpaired) electrons. The molecule has 13 heteroatoms. The smallest absolute Gasteiger partial charge is 0.335 e. The zero-order chi connectivity index (χ0) is 33.6. The van der Waals surface area contributed by atoms with E-state index in [4.69, 9.17) is 0 Å². The number of piperidine rings is 1. The van der Waals surface area contributed by atoms with E-state index in [1.165, 1.54) is 11.0 Å². The van der Waals surface area contributed by atoms with Gasteiger partial charge in [-0.1, -0.05) is 6.07 Å². The Labute approximate surface area is 264 Å². The molecule has 1 amide bonds. The molecule has 46 heavy (non-hydrogen) atoms. The van der Waals surface area contributed by atoms with Crippen LogP contribution >= 0.6 is 0 Å². The van der Waals surface area contributed by atoms with Crippen LogP contribution in [0.4, 0.5) is 35.1 Å². The van der Waals surface area contributed by atoms with Crippen LogP contribution in [0, 0.1) is 11.6 Å². The van der Waals surface area contributed by atoms with Crippen molar-refractivity contribution in [3.8, 4) is 0 Å². The molecular weight excluding hydrogens is 620 g/mol. The minimum Gasteiger partial charge on any atom is -0.335 e. The summed E-state index contributed by atoms with van der Waals surface area (Å²) < 4.78 is 109. The average molecular weight is 661 g/mol. The fourth-order valence-corrected chi connectivity index (χ4v) is 7.12. The first kappa shape index (κ1) is 34.6. The molecule has 0 N–H and O–H groups in total. The highest BCUT2D eigenvalue weighted by Crippen LogP contribution is 2.37. The van der Waals surface area contributed by atoms with Gasteiger partial charge in [0.05, 0.1) is 11.1 Å². The van der Waals surface area contributed by atoms with E-state index in [0.29, 0.717) is 36.6 Å². The predicted molar refractivity (Wildman–Crippen MR) is 157 cm³/mol. The maximum atomic E-state index is 14.1. The van der Waals surface area contributed by atoms with Crippen molar-refractivity contribution in [2.75, 3.05) is 45.8 Å². The number of hydrogen-bond donors (Lipinski definition) is 0. The van der Waals surface area contributed by atoms with Crippen LogP contribution in [0.2, 0.25) is 0 Å². The summed E-state index contributed by atoms with van der Waals surface area (Å²) in [6.45, 7) is 12.1. The lowest BCUT2D eigenvalue weighted by atomic mass is 9.90. The first-order valence-corrected chi connectivity index (χ1v) is 15.7.